The fraction of sp³-hybridized carbons (Fsp3) is 0.429. The number of hydrogen-bond donors (Lipinski definition) is 0. The smallest absolute Gasteiger partial charge is 0.221 e. The molecule has 2 nitrogen and oxygen atoms in total. The zero-order valence-electron chi connectivity index (χ0n) is 5.89. The van der Waals surface area contributed by atoms with Crippen molar-refractivity contribution in [2.75, 3.05) is 0 Å². The van der Waals surface area contributed by atoms with Crippen LogP contribution in [0.2, 0.25) is 0 Å². The predicted octanol–water partition coefficient (Wildman–Crippen LogP) is 1.11. The lowest BCUT2D eigenvalue weighted by Gasteiger charge is -1.85. The first-order valence-electron chi connectivity index (χ1n) is 2.74. The molecule has 0 bridgehead atoms. The van der Waals surface area contributed by atoms with Gasteiger partial charge in [-0.15, -0.1) is 0 Å². The molecule has 0 aliphatic heterocycles. The van der Waals surface area contributed by atoms with Gasteiger partial charge in [-0.25, -0.2) is 0 Å². The second kappa shape index (κ2) is 3.17. The average molecular weight is 126 g/mol. The predicted molar refractivity (Wildman–Crippen MR) is 35.1 cm³/mol. The SMILES string of the molecule is CC(=O)C(=O)C=C(C)C. The van der Waals surface area contributed by atoms with Gasteiger partial charge < -0.3 is 0 Å². The van der Waals surface area contributed by atoms with Gasteiger partial charge in [-0.1, -0.05) is 5.57 Å². The quantitative estimate of drug-likeness (QED) is 0.410. The van der Waals surface area contributed by atoms with Crippen molar-refractivity contribution < 1.29 is 9.59 Å². The molecule has 0 radical (unpaired) electrons. The molecular weight excluding hydrogens is 116 g/mol. The molecule has 0 rings (SSSR count). The van der Waals surface area contributed by atoms with Crippen molar-refractivity contribution in [2.24, 2.45) is 0 Å². The minimum absolute atomic E-state index is 0.406. The molecule has 0 aliphatic rings. The monoisotopic (exact) mass is 126 g/mol. The summed E-state index contributed by atoms with van der Waals surface area (Å²) in [5.74, 6) is -0.828. The van der Waals surface area contributed by atoms with Crippen molar-refractivity contribution in [1.82, 2.24) is 0 Å². The summed E-state index contributed by atoms with van der Waals surface area (Å²) >= 11 is 0. The van der Waals surface area contributed by atoms with Gasteiger partial charge in [0, 0.05) is 6.92 Å². The van der Waals surface area contributed by atoms with Crippen LogP contribution in [0.4, 0.5) is 0 Å². The zero-order valence-corrected chi connectivity index (χ0v) is 5.89. The molecule has 0 heterocycles. The van der Waals surface area contributed by atoms with E-state index in [0.717, 1.165) is 5.57 Å². The van der Waals surface area contributed by atoms with Crippen molar-refractivity contribution in [3.63, 3.8) is 0 Å². The lowest BCUT2D eigenvalue weighted by atomic mass is 10.2. The normalized spacial score (nSPS) is 8.33. The molecular formula is C7H10O2. The summed E-state index contributed by atoms with van der Waals surface area (Å²) in [7, 11) is 0. The number of hydrogen-bond acceptors (Lipinski definition) is 2. The Morgan fingerprint density at radius 1 is 1.11 bits per heavy atom. The molecule has 0 N–H and O–H groups in total. The van der Waals surface area contributed by atoms with Crippen molar-refractivity contribution in [1.29, 1.82) is 0 Å². The van der Waals surface area contributed by atoms with Crippen LogP contribution < -0.4 is 0 Å². The van der Waals surface area contributed by atoms with Crippen molar-refractivity contribution in [2.45, 2.75) is 20.8 Å². The molecule has 2 heteroatoms. The molecule has 0 unspecified atom stereocenters. The summed E-state index contributed by atoms with van der Waals surface area (Å²) in [5, 5.41) is 0. The summed E-state index contributed by atoms with van der Waals surface area (Å²) in [6.07, 6.45) is 1.34. The van der Waals surface area contributed by atoms with Gasteiger partial charge in [0.1, 0.15) is 0 Å². The molecule has 0 atom stereocenters. The van der Waals surface area contributed by atoms with E-state index in [0.29, 0.717) is 0 Å². The number of rotatable bonds is 2. The molecule has 0 aromatic carbocycles. The zero-order chi connectivity index (χ0) is 7.44. The van der Waals surface area contributed by atoms with Crippen LogP contribution in [-0.4, -0.2) is 11.6 Å². The van der Waals surface area contributed by atoms with Gasteiger partial charge >= 0.3 is 0 Å². The summed E-state index contributed by atoms with van der Waals surface area (Å²) in [6, 6.07) is 0. The first kappa shape index (κ1) is 8.08. The van der Waals surface area contributed by atoms with Crippen molar-refractivity contribution >= 4 is 11.6 Å². The highest BCUT2D eigenvalue weighted by Crippen LogP contribution is 1.89. The Balaban J connectivity index is 4.09. The van der Waals surface area contributed by atoms with Crippen LogP contribution in [0.5, 0.6) is 0 Å². The van der Waals surface area contributed by atoms with E-state index >= 15 is 0 Å². The number of allylic oxidation sites excluding steroid dienone is 2. The molecule has 0 spiro atoms. The summed E-state index contributed by atoms with van der Waals surface area (Å²) < 4.78 is 0. The highest BCUT2D eigenvalue weighted by Gasteiger charge is 2.01. The second-order valence-corrected chi connectivity index (χ2v) is 2.14. The Morgan fingerprint density at radius 3 is 1.67 bits per heavy atom. The molecule has 0 amide bonds. The molecule has 0 aromatic rings. The Morgan fingerprint density at radius 2 is 1.56 bits per heavy atom. The number of Topliss-reactive ketones (excluding diaryl/α,β-unsaturated/α-hetero) is 1. The molecule has 0 saturated heterocycles. The fourth-order valence-corrected chi connectivity index (χ4v) is 0.364. The largest absolute Gasteiger partial charge is 0.291 e. The van der Waals surface area contributed by atoms with E-state index in [-0.39, 0.29) is 0 Å². The van der Waals surface area contributed by atoms with E-state index < -0.39 is 11.6 Å². The minimum Gasteiger partial charge on any atom is -0.291 e. The number of carbonyl (C=O) groups excluding carboxylic acids is 2. The van der Waals surface area contributed by atoms with E-state index in [9.17, 15) is 9.59 Å². The number of ketones is 2. The van der Waals surface area contributed by atoms with Gasteiger partial charge in [0.15, 0.2) is 5.78 Å². The average Bonchev–Trinajstić information content (AvgIpc) is 1.63. The topological polar surface area (TPSA) is 34.1 Å². The highest BCUT2D eigenvalue weighted by molar-refractivity contribution is 6.40. The summed E-state index contributed by atoms with van der Waals surface area (Å²) in [5.41, 5.74) is 0.857. The maximum absolute atomic E-state index is 10.5. The van der Waals surface area contributed by atoms with E-state index in [1.54, 1.807) is 13.8 Å². The van der Waals surface area contributed by atoms with Gasteiger partial charge in [0.2, 0.25) is 5.78 Å². The van der Waals surface area contributed by atoms with Crippen molar-refractivity contribution in [3.8, 4) is 0 Å². The third-order valence-electron chi connectivity index (χ3n) is 0.767. The lowest BCUT2D eigenvalue weighted by Crippen LogP contribution is -2.05. The van der Waals surface area contributed by atoms with Crippen LogP contribution in [0.25, 0.3) is 0 Å². The Bertz CT molecular complexity index is 162. The van der Waals surface area contributed by atoms with E-state index in [4.69, 9.17) is 0 Å². The Hall–Kier alpha value is -0.920. The molecule has 50 valence electrons. The first-order chi connectivity index (χ1) is 4.04. The van der Waals surface area contributed by atoms with Crippen molar-refractivity contribution in [3.05, 3.63) is 11.6 Å². The molecule has 9 heavy (non-hydrogen) atoms. The standard InChI is InChI=1S/C7H10O2/c1-5(2)4-7(9)6(3)8/h4H,1-3H3. The highest BCUT2D eigenvalue weighted by atomic mass is 16.2. The van der Waals surface area contributed by atoms with E-state index in [1.807, 2.05) is 0 Å². The second-order valence-electron chi connectivity index (χ2n) is 2.14. The summed E-state index contributed by atoms with van der Waals surface area (Å²) in [4.78, 5) is 20.8. The number of carbonyl (C=O) groups is 2. The maximum atomic E-state index is 10.5. The van der Waals surface area contributed by atoms with E-state index in [1.165, 1.54) is 13.0 Å². The van der Waals surface area contributed by atoms with Gasteiger partial charge in [0.25, 0.3) is 0 Å². The molecule has 0 aromatic heterocycles. The van der Waals surface area contributed by atoms with Crippen LogP contribution in [0.15, 0.2) is 11.6 Å². The van der Waals surface area contributed by atoms with Crippen LogP contribution in [0.1, 0.15) is 20.8 Å². The Kier molecular flexibility index (Phi) is 2.85. The van der Waals surface area contributed by atoms with Crippen LogP contribution in [-0.2, 0) is 9.59 Å². The van der Waals surface area contributed by atoms with Crippen LogP contribution >= 0.6 is 0 Å². The third kappa shape index (κ3) is 3.64. The Labute approximate surface area is 54.6 Å². The lowest BCUT2D eigenvalue weighted by molar-refractivity contribution is -0.132. The minimum atomic E-state index is -0.421. The maximum Gasteiger partial charge on any atom is 0.221 e. The van der Waals surface area contributed by atoms with Crippen LogP contribution in [0, 0.1) is 0 Å². The van der Waals surface area contributed by atoms with Gasteiger partial charge in [0.05, 0.1) is 0 Å². The molecule has 0 fully saturated rings. The molecule has 0 saturated carbocycles. The molecule has 0 aliphatic carbocycles. The summed E-state index contributed by atoms with van der Waals surface area (Å²) in [6.45, 7) is 4.82. The van der Waals surface area contributed by atoms with Gasteiger partial charge in [-0.2, -0.15) is 0 Å². The third-order valence-corrected chi connectivity index (χ3v) is 0.767. The van der Waals surface area contributed by atoms with Crippen LogP contribution in [0.3, 0.4) is 0 Å². The first-order valence-corrected chi connectivity index (χ1v) is 2.74. The van der Waals surface area contributed by atoms with Gasteiger partial charge in [-0.3, -0.25) is 9.59 Å². The fourth-order valence-electron chi connectivity index (χ4n) is 0.364. The van der Waals surface area contributed by atoms with Gasteiger partial charge in [-0.05, 0) is 19.9 Å². The van der Waals surface area contributed by atoms with E-state index in [2.05, 4.69) is 0 Å².